The normalized spacial score (nSPS) is 25.9. The first kappa shape index (κ1) is 13.6. The van der Waals surface area contributed by atoms with E-state index in [0.29, 0.717) is 12.6 Å². The van der Waals surface area contributed by atoms with Crippen LogP contribution in [0.3, 0.4) is 0 Å². The standard InChI is InChI=1S/C16H25NO/c1-13-7-9-15(10-8-13)18-16(11-12-17)14-5-3-2-4-6-14/h2-6,13,15-16H,7-12,17H2,1H3. The molecule has 1 unspecified atom stereocenters. The van der Waals surface area contributed by atoms with E-state index in [4.69, 9.17) is 10.5 Å². The molecule has 0 spiro atoms. The maximum absolute atomic E-state index is 6.29. The zero-order valence-electron chi connectivity index (χ0n) is 11.3. The van der Waals surface area contributed by atoms with Gasteiger partial charge in [-0.3, -0.25) is 0 Å². The summed E-state index contributed by atoms with van der Waals surface area (Å²) in [6.45, 7) is 3.02. The van der Waals surface area contributed by atoms with Crippen LogP contribution in [0.25, 0.3) is 0 Å². The van der Waals surface area contributed by atoms with E-state index >= 15 is 0 Å². The minimum atomic E-state index is 0.176. The minimum Gasteiger partial charge on any atom is -0.370 e. The van der Waals surface area contributed by atoms with Crippen LogP contribution < -0.4 is 5.73 Å². The van der Waals surface area contributed by atoms with E-state index in [1.165, 1.54) is 31.2 Å². The molecule has 1 aromatic rings. The van der Waals surface area contributed by atoms with Gasteiger partial charge in [-0.15, -0.1) is 0 Å². The molecule has 0 radical (unpaired) electrons. The summed E-state index contributed by atoms with van der Waals surface area (Å²) in [7, 11) is 0. The summed E-state index contributed by atoms with van der Waals surface area (Å²) in [6, 6.07) is 10.5. The highest BCUT2D eigenvalue weighted by atomic mass is 16.5. The molecule has 0 saturated heterocycles. The molecule has 1 aliphatic rings. The van der Waals surface area contributed by atoms with Gasteiger partial charge >= 0.3 is 0 Å². The van der Waals surface area contributed by atoms with Crippen molar-refractivity contribution >= 4 is 0 Å². The topological polar surface area (TPSA) is 35.2 Å². The summed E-state index contributed by atoms with van der Waals surface area (Å²) in [6.07, 6.45) is 6.52. The van der Waals surface area contributed by atoms with E-state index in [-0.39, 0.29) is 6.10 Å². The molecule has 0 aliphatic heterocycles. The summed E-state index contributed by atoms with van der Waals surface area (Å²) in [5.41, 5.74) is 6.98. The molecule has 2 heteroatoms. The van der Waals surface area contributed by atoms with Crippen molar-refractivity contribution in [3.63, 3.8) is 0 Å². The van der Waals surface area contributed by atoms with Crippen LogP contribution in [0.2, 0.25) is 0 Å². The molecule has 1 aliphatic carbocycles. The van der Waals surface area contributed by atoms with Gasteiger partial charge in [-0.1, -0.05) is 37.3 Å². The highest BCUT2D eigenvalue weighted by Crippen LogP contribution is 2.30. The van der Waals surface area contributed by atoms with Gasteiger partial charge in [0.05, 0.1) is 12.2 Å². The van der Waals surface area contributed by atoms with E-state index in [1.807, 2.05) is 6.07 Å². The predicted molar refractivity (Wildman–Crippen MR) is 75.4 cm³/mol. The average Bonchev–Trinajstić information content (AvgIpc) is 2.42. The second-order valence-corrected chi connectivity index (χ2v) is 5.49. The van der Waals surface area contributed by atoms with Crippen LogP contribution in [-0.4, -0.2) is 12.6 Å². The summed E-state index contributed by atoms with van der Waals surface area (Å²) in [4.78, 5) is 0. The molecule has 0 aromatic heterocycles. The van der Waals surface area contributed by atoms with Crippen molar-refractivity contribution in [2.24, 2.45) is 11.7 Å². The molecule has 1 aromatic carbocycles. The van der Waals surface area contributed by atoms with Crippen molar-refractivity contribution in [3.8, 4) is 0 Å². The fraction of sp³-hybridized carbons (Fsp3) is 0.625. The number of nitrogens with two attached hydrogens (primary N) is 1. The first-order valence-corrected chi connectivity index (χ1v) is 7.20. The van der Waals surface area contributed by atoms with Crippen molar-refractivity contribution in [1.29, 1.82) is 0 Å². The van der Waals surface area contributed by atoms with E-state index in [1.54, 1.807) is 0 Å². The van der Waals surface area contributed by atoms with Crippen LogP contribution in [-0.2, 0) is 4.74 Å². The van der Waals surface area contributed by atoms with Crippen LogP contribution in [0, 0.1) is 5.92 Å². The lowest BCUT2D eigenvalue weighted by Gasteiger charge is -2.30. The molecule has 2 rings (SSSR count). The molecule has 2 N–H and O–H groups in total. The molecule has 1 atom stereocenters. The van der Waals surface area contributed by atoms with Gasteiger partial charge in [-0.25, -0.2) is 0 Å². The maximum atomic E-state index is 6.29. The molecular weight excluding hydrogens is 222 g/mol. The Balaban J connectivity index is 1.94. The fourth-order valence-corrected chi connectivity index (χ4v) is 2.73. The third kappa shape index (κ3) is 3.82. The summed E-state index contributed by atoms with van der Waals surface area (Å²) >= 11 is 0. The van der Waals surface area contributed by atoms with Gasteiger partial charge in [-0.05, 0) is 50.1 Å². The molecule has 2 nitrogen and oxygen atoms in total. The van der Waals surface area contributed by atoms with Gasteiger partial charge in [0.25, 0.3) is 0 Å². The van der Waals surface area contributed by atoms with Crippen LogP contribution in [0.5, 0.6) is 0 Å². The Kier molecular flexibility index (Phi) is 5.21. The van der Waals surface area contributed by atoms with Crippen LogP contribution in [0.15, 0.2) is 30.3 Å². The Morgan fingerprint density at radius 1 is 1.17 bits per heavy atom. The monoisotopic (exact) mass is 247 g/mol. The van der Waals surface area contributed by atoms with Gasteiger partial charge in [0, 0.05) is 0 Å². The lowest BCUT2D eigenvalue weighted by atomic mass is 9.88. The molecule has 1 saturated carbocycles. The lowest BCUT2D eigenvalue weighted by Crippen LogP contribution is -2.23. The highest BCUT2D eigenvalue weighted by molar-refractivity contribution is 5.17. The largest absolute Gasteiger partial charge is 0.370 e. The fourth-order valence-electron chi connectivity index (χ4n) is 2.73. The van der Waals surface area contributed by atoms with Crippen molar-refractivity contribution in [3.05, 3.63) is 35.9 Å². The van der Waals surface area contributed by atoms with Gasteiger partial charge < -0.3 is 10.5 Å². The number of hydrogen-bond acceptors (Lipinski definition) is 2. The molecular formula is C16H25NO. The summed E-state index contributed by atoms with van der Waals surface area (Å²) < 4.78 is 6.29. The molecule has 100 valence electrons. The van der Waals surface area contributed by atoms with Gasteiger partial charge in [0.15, 0.2) is 0 Å². The lowest BCUT2D eigenvalue weighted by molar-refractivity contribution is -0.0396. The van der Waals surface area contributed by atoms with Crippen LogP contribution in [0.4, 0.5) is 0 Å². The van der Waals surface area contributed by atoms with E-state index in [2.05, 4.69) is 31.2 Å². The Hall–Kier alpha value is -0.860. The first-order valence-electron chi connectivity index (χ1n) is 7.20. The minimum absolute atomic E-state index is 0.176. The number of ether oxygens (including phenoxy) is 1. The van der Waals surface area contributed by atoms with Gasteiger partial charge in [0.2, 0.25) is 0 Å². The molecule has 0 bridgehead atoms. The SMILES string of the molecule is CC1CCC(OC(CCN)c2ccccc2)CC1. The Labute approximate surface area is 111 Å². The van der Waals surface area contributed by atoms with Crippen LogP contribution in [0.1, 0.15) is 50.7 Å². The van der Waals surface area contributed by atoms with Gasteiger partial charge in [-0.2, -0.15) is 0 Å². The zero-order valence-corrected chi connectivity index (χ0v) is 11.3. The molecule has 1 fully saturated rings. The predicted octanol–water partition coefficient (Wildman–Crippen LogP) is 3.67. The first-order chi connectivity index (χ1) is 8.79. The quantitative estimate of drug-likeness (QED) is 0.861. The van der Waals surface area contributed by atoms with Crippen molar-refractivity contribution in [1.82, 2.24) is 0 Å². The maximum Gasteiger partial charge on any atom is 0.0840 e. The zero-order chi connectivity index (χ0) is 12.8. The second kappa shape index (κ2) is 6.91. The second-order valence-electron chi connectivity index (χ2n) is 5.49. The van der Waals surface area contributed by atoms with E-state index in [0.717, 1.165) is 12.3 Å². The summed E-state index contributed by atoms with van der Waals surface area (Å²) in [5.74, 6) is 0.870. The third-order valence-corrected chi connectivity index (χ3v) is 3.92. The Bertz CT molecular complexity index is 330. The summed E-state index contributed by atoms with van der Waals surface area (Å²) in [5, 5.41) is 0. The molecule has 18 heavy (non-hydrogen) atoms. The average molecular weight is 247 g/mol. The Morgan fingerprint density at radius 3 is 2.44 bits per heavy atom. The third-order valence-electron chi connectivity index (χ3n) is 3.92. The van der Waals surface area contributed by atoms with Crippen LogP contribution >= 0.6 is 0 Å². The Morgan fingerprint density at radius 2 is 1.83 bits per heavy atom. The molecule has 0 heterocycles. The van der Waals surface area contributed by atoms with Crippen molar-refractivity contribution in [2.45, 2.75) is 51.2 Å². The van der Waals surface area contributed by atoms with E-state index < -0.39 is 0 Å². The highest BCUT2D eigenvalue weighted by Gasteiger charge is 2.22. The van der Waals surface area contributed by atoms with Crippen molar-refractivity contribution < 1.29 is 4.74 Å². The van der Waals surface area contributed by atoms with Gasteiger partial charge in [0.1, 0.15) is 0 Å². The molecule has 0 amide bonds. The smallest absolute Gasteiger partial charge is 0.0840 e. The number of hydrogen-bond donors (Lipinski definition) is 1. The number of benzene rings is 1. The number of rotatable bonds is 5. The van der Waals surface area contributed by atoms with Crippen molar-refractivity contribution in [2.75, 3.05) is 6.54 Å². The van der Waals surface area contributed by atoms with E-state index in [9.17, 15) is 0 Å².